The molecule has 10 heteroatoms. The summed E-state index contributed by atoms with van der Waals surface area (Å²) in [7, 11) is 0. The number of fused-ring (bicyclic) bond motifs is 2. The zero-order valence-electron chi connectivity index (χ0n) is 20.0. The molecule has 0 atom stereocenters. The van der Waals surface area contributed by atoms with Crippen molar-refractivity contribution in [2.75, 3.05) is 31.2 Å². The maximum Gasteiger partial charge on any atom is 0.254 e. The molecule has 6 rings (SSSR count). The Hall–Kier alpha value is -4.70. The first-order chi connectivity index (χ1) is 18.0. The SMILES string of the molecule is CC(=O)N1/C(=C\c2cc(-c3ncn[nH]3)c3cc(C(=O)N4CCOCC4)ccc3n2)C(=O)c2ccccc21. The van der Waals surface area contributed by atoms with E-state index in [9.17, 15) is 14.4 Å². The molecule has 1 fully saturated rings. The topological polar surface area (TPSA) is 121 Å². The van der Waals surface area contributed by atoms with Gasteiger partial charge in [0.1, 0.15) is 6.33 Å². The Bertz CT molecular complexity index is 1590. The summed E-state index contributed by atoms with van der Waals surface area (Å²) in [5.74, 6) is -0.105. The number of anilines is 1. The highest BCUT2D eigenvalue weighted by Gasteiger charge is 2.34. The van der Waals surface area contributed by atoms with Gasteiger partial charge in [-0.2, -0.15) is 5.10 Å². The van der Waals surface area contributed by atoms with E-state index in [1.54, 1.807) is 59.5 Å². The Morgan fingerprint density at radius 3 is 2.62 bits per heavy atom. The number of nitrogens with one attached hydrogen (secondary N) is 1. The van der Waals surface area contributed by atoms with Gasteiger partial charge in [0.2, 0.25) is 11.7 Å². The number of para-hydroxylation sites is 1. The number of ether oxygens (including phenoxy) is 1. The number of amides is 2. The van der Waals surface area contributed by atoms with Crippen LogP contribution in [0.3, 0.4) is 0 Å². The largest absolute Gasteiger partial charge is 0.378 e. The van der Waals surface area contributed by atoms with Gasteiger partial charge in [-0.05, 0) is 42.5 Å². The fraction of sp³-hybridized carbons (Fsp3) is 0.185. The molecule has 0 aliphatic carbocycles. The van der Waals surface area contributed by atoms with E-state index in [4.69, 9.17) is 9.72 Å². The van der Waals surface area contributed by atoms with E-state index in [1.165, 1.54) is 18.2 Å². The van der Waals surface area contributed by atoms with Gasteiger partial charge in [0.25, 0.3) is 5.91 Å². The summed E-state index contributed by atoms with van der Waals surface area (Å²) in [5, 5.41) is 7.56. The minimum atomic E-state index is -0.271. The van der Waals surface area contributed by atoms with Gasteiger partial charge >= 0.3 is 0 Å². The van der Waals surface area contributed by atoms with Crippen molar-refractivity contribution >= 4 is 40.3 Å². The number of benzene rings is 2. The average Bonchev–Trinajstić information content (AvgIpc) is 3.55. The molecule has 2 aromatic heterocycles. The van der Waals surface area contributed by atoms with E-state index in [-0.39, 0.29) is 23.3 Å². The van der Waals surface area contributed by atoms with Crippen LogP contribution in [0.15, 0.2) is 60.6 Å². The van der Waals surface area contributed by atoms with Crippen LogP contribution in [-0.4, -0.2) is 69.0 Å². The number of aromatic amines is 1. The van der Waals surface area contributed by atoms with Crippen LogP contribution in [0, 0.1) is 0 Å². The molecule has 0 saturated carbocycles. The highest BCUT2D eigenvalue weighted by molar-refractivity contribution is 6.26. The van der Waals surface area contributed by atoms with E-state index in [1.807, 2.05) is 0 Å². The molecule has 2 aromatic carbocycles. The predicted molar refractivity (Wildman–Crippen MR) is 136 cm³/mol. The number of ketones is 1. The quantitative estimate of drug-likeness (QED) is 0.435. The zero-order valence-corrected chi connectivity index (χ0v) is 20.0. The van der Waals surface area contributed by atoms with Crippen LogP contribution in [0.5, 0.6) is 0 Å². The zero-order chi connectivity index (χ0) is 25.5. The Morgan fingerprint density at radius 1 is 1.05 bits per heavy atom. The van der Waals surface area contributed by atoms with E-state index in [2.05, 4.69) is 15.2 Å². The first-order valence-corrected chi connectivity index (χ1v) is 11.8. The Kier molecular flexibility index (Phi) is 5.57. The Balaban J connectivity index is 1.47. The van der Waals surface area contributed by atoms with Crippen LogP contribution in [0.4, 0.5) is 5.69 Å². The highest BCUT2D eigenvalue weighted by Crippen LogP contribution is 2.36. The number of carbonyl (C=O) groups excluding carboxylic acids is 3. The summed E-state index contributed by atoms with van der Waals surface area (Å²) in [4.78, 5) is 51.0. The lowest BCUT2D eigenvalue weighted by Gasteiger charge is -2.27. The van der Waals surface area contributed by atoms with Crippen molar-refractivity contribution in [2.24, 2.45) is 0 Å². The minimum Gasteiger partial charge on any atom is -0.378 e. The summed E-state index contributed by atoms with van der Waals surface area (Å²) < 4.78 is 5.37. The normalized spacial score (nSPS) is 16.5. The summed E-state index contributed by atoms with van der Waals surface area (Å²) >= 11 is 0. The molecule has 37 heavy (non-hydrogen) atoms. The van der Waals surface area contributed by atoms with Crippen LogP contribution < -0.4 is 4.90 Å². The molecule has 2 aliphatic rings. The maximum atomic E-state index is 13.2. The van der Waals surface area contributed by atoms with Gasteiger partial charge in [-0.15, -0.1) is 0 Å². The van der Waals surface area contributed by atoms with Gasteiger partial charge in [0, 0.05) is 42.1 Å². The smallest absolute Gasteiger partial charge is 0.254 e. The van der Waals surface area contributed by atoms with Crippen LogP contribution >= 0.6 is 0 Å². The monoisotopic (exact) mass is 494 g/mol. The lowest BCUT2D eigenvalue weighted by molar-refractivity contribution is -0.116. The van der Waals surface area contributed by atoms with Gasteiger partial charge in [0.15, 0.2) is 5.82 Å². The van der Waals surface area contributed by atoms with Crippen molar-refractivity contribution < 1.29 is 19.1 Å². The molecule has 0 unspecified atom stereocenters. The number of hydrogen-bond donors (Lipinski definition) is 1. The van der Waals surface area contributed by atoms with Crippen molar-refractivity contribution in [3.8, 4) is 11.4 Å². The fourth-order valence-corrected chi connectivity index (χ4v) is 4.77. The molecule has 184 valence electrons. The van der Waals surface area contributed by atoms with Crippen molar-refractivity contribution in [2.45, 2.75) is 6.92 Å². The number of allylic oxidation sites excluding steroid dienone is 1. The van der Waals surface area contributed by atoms with Crippen molar-refractivity contribution in [1.82, 2.24) is 25.1 Å². The van der Waals surface area contributed by atoms with Crippen LogP contribution in [0.2, 0.25) is 0 Å². The standard InChI is InChI=1S/C27H22N6O4/c1-16(34)33-23-5-3-2-4-19(23)25(35)24(33)14-18-13-21(26-28-15-29-31-26)20-12-17(6-7-22(20)30-18)27(36)32-8-10-37-11-9-32/h2-7,12-15H,8-11H2,1H3,(H,28,29,31)/b24-14-. The second-order valence-corrected chi connectivity index (χ2v) is 8.80. The summed E-state index contributed by atoms with van der Waals surface area (Å²) in [6.45, 7) is 3.54. The summed E-state index contributed by atoms with van der Waals surface area (Å²) in [6.07, 6.45) is 3.01. The molecule has 1 N–H and O–H groups in total. The number of nitrogens with zero attached hydrogens (tertiary/aromatic N) is 5. The number of carbonyl (C=O) groups is 3. The highest BCUT2D eigenvalue weighted by atomic mass is 16.5. The molecule has 0 bridgehead atoms. The molecule has 4 heterocycles. The van der Waals surface area contributed by atoms with Crippen LogP contribution in [0.25, 0.3) is 28.4 Å². The number of pyridine rings is 1. The fourth-order valence-electron chi connectivity index (χ4n) is 4.77. The number of Topliss-reactive ketones (excluding diaryl/α,β-unsaturated/α-hetero) is 1. The first-order valence-electron chi connectivity index (χ1n) is 11.8. The average molecular weight is 495 g/mol. The molecule has 2 aliphatic heterocycles. The molecule has 0 spiro atoms. The van der Waals surface area contributed by atoms with E-state index in [0.29, 0.717) is 71.1 Å². The maximum absolute atomic E-state index is 13.2. The molecular formula is C27H22N6O4. The van der Waals surface area contributed by atoms with Crippen molar-refractivity contribution in [3.05, 3.63) is 77.4 Å². The third kappa shape index (κ3) is 3.97. The molecule has 2 amide bonds. The van der Waals surface area contributed by atoms with Gasteiger partial charge in [-0.3, -0.25) is 24.4 Å². The second-order valence-electron chi connectivity index (χ2n) is 8.80. The number of rotatable bonds is 3. The Labute approximate surface area is 211 Å². The van der Waals surface area contributed by atoms with Gasteiger partial charge in [-0.1, -0.05) is 12.1 Å². The molecule has 4 aromatic rings. The van der Waals surface area contributed by atoms with E-state index < -0.39 is 0 Å². The predicted octanol–water partition coefficient (Wildman–Crippen LogP) is 3.08. The summed E-state index contributed by atoms with van der Waals surface area (Å²) in [5.41, 5.74) is 3.52. The molecule has 1 saturated heterocycles. The van der Waals surface area contributed by atoms with Crippen molar-refractivity contribution in [3.63, 3.8) is 0 Å². The number of H-pyrrole nitrogens is 1. The summed E-state index contributed by atoms with van der Waals surface area (Å²) in [6, 6.07) is 14.1. The minimum absolute atomic E-state index is 0.0775. The third-order valence-electron chi connectivity index (χ3n) is 6.51. The number of hydrogen-bond acceptors (Lipinski definition) is 7. The van der Waals surface area contributed by atoms with Crippen LogP contribution in [0.1, 0.15) is 33.3 Å². The van der Waals surface area contributed by atoms with E-state index >= 15 is 0 Å². The second kappa shape index (κ2) is 9.07. The molecule has 0 radical (unpaired) electrons. The first kappa shape index (κ1) is 22.7. The lowest BCUT2D eigenvalue weighted by Crippen LogP contribution is -2.40. The Morgan fingerprint density at radius 2 is 1.86 bits per heavy atom. The molecule has 10 nitrogen and oxygen atoms in total. The van der Waals surface area contributed by atoms with Crippen molar-refractivity contribution in [1.29, 1.82) is 0 Å². The van der Waals surface area contributed by atoms with Gasteiger partial charge in [-0.25, -0.2) is 9.97 Å². The third-order valence-corrected chi connectivity index (χ3v) is 6.51. The van der Waals surface area contributed by atoms with Crippen LogP contribution in [-0.2, 0) is 9.53 Å². The lowest BCUT2D eigenvalue weighted by atomic mass is 10.0. The number of aromatic nitrogens is 4. The van der Waals surface area contributed by atoms with Gasteiger partial charge < -0.3 is 9.64 Å². The van der Waals surface area contributed by atoms with E-state index in [0.717, 1.165) is 0 Å². The number of morpholine rings is 1. The van der Waals surface area contributed by atoms with Gasteiger partial charge in [0.05, 0.1) is 35.8 Å². The molecular weight excluding hydrogens is 472 g/mol.